The van der Waals surface area contributed by atoms with Crippen LogP contribution in [0.2, 0.25) is 5.02 Å². The van der Waals surface area contributed by atoms with Crippen LogP contribution in [0.5, 0.6) is 0 Å². The maximum atomic E-state index is 11.2. The van der Waals surface area contributed by atoms with Gasteiger partial charge in [0.2, 0.25) is 0 Å². The van der Waals surface area contributed by atoms with Crippen molar-refractivity contribution >= 4 is 34.9 Å². The summed E-state index contributed by atoms with van der Waals surface area (Å²) in [6.45, 7) is 0. The van der Waals surface area contributed by atoms with E-state index in [1.54, 1.807) is 23.6 Å². The predicted molar refractivity (Wildman–Crippen MR) is 78.7 cm³/mol. The lowest BCUT2D eigenvalue weighted by Crippen LogP contribution is -2.25. The maximum Gasteiger partial charge on any atom is 0.334 e. The SMILES string of the molecule is NC(N)=NC(C(=O)O)c1csc(-c2cccc(Cl)c2)n1. The largest absolute Gasteiger partial charge is 0.479 e. The van der Waals surface area contributed by atoms with Crippen molar-refractivity contribution in [3.8, 4) is 10.6 Å². The van der Waals surface area contributed by atoms with Gasteiger partial charge in [-0.15, -0.1) is 11.3 Å². The van der Waals surface area contributed by atoms with Gasteiger partial charge in [-0.25, -0.2) is 14.8 Å². The number of carboxylic acids is 1. The zero-order valence-corrected chi connectivity index (χ0v) is 11.7. The summed E-state index contributed by atoms with van der Waals surface area (Å²) in [6, 6.07) is 5.93. The van der Waals surface area contributed by atoms with Gasteiger partial charge in [0.25, 0.3) is 0 Å². The highest BCUT2D eigenvalue weighted by Crippen LogP contribution is 2.29. The van der Waals surface area contributed by atoms with Crippen LogP contribution in [-0.4, -0.2) is 22.0 Å². The first kappa shape index (κ1) is 14.3. The summed E-state index contributed by atoms with van der Waals surface area (Å²) >= 11 is 7.21. The van der Waals surface area contributed by atoms with Crippen LogP contribution in [0.1, 0.15) is 11.7 Å². The van der Waals surface area contributed by atoms with Crippen LogP contribution < -0.4 is 11.5 Å². The minimum absolute atomic E-state index is 0.283. The number of hydrogen-bond acceptors (Lipinski definition) is 4. The summed E-state index contributed by atoms with van der Waals surface area (Å²) < 4.78 is 0. The number of rotatable bonds is 4. The van der Waals surface area contributed by atoms with E-state index in [4.69, 9.17) is 28.2 Å². The zero-order valence-electron chi connectivity index (χ0n) is 10.2. The number of carboxylic acid groups (broad SMARTS) is 1. The lowest BCUT2D eigenvalue weighted by molar-refractivity contribution is -0.138. The molecule has 6 nitrogen and oxygen atoms in total. The first-order valence-electron chi connectivity index (χ1n) is 5.50. The molecule has 0 saturated carbocycles. The van der Waals surface area contributed by atoms with Gasteiger partial charge in [-0.3, -0.25) is 0 Å². The number of carbonyl (C=O) groups is 1. The van der Waals surface area contributed by atoms with Gasteiger partial charge < -0.3 is 16.6 Å². The molecule has 0 aliphatic heterocycles. The van der Waals surface area contributed by atoms with Crippen molar-refractivity contribution < 1.29 is 9.90 Å². The van der Waals surface area contributed by atoms with Gasteiger partial charge >= 0.3 is 5.97 Å². The fourth-order valence-corrected chi connectivity index (χ4v) is 2.59. The van der Waals surface area contributed by atoms with Crippen LogP contribution in [0.3, 0.4) is 0 Å². The number of guanidine groups is 1. The van der Waals surface area contributed by atoms with Gasteiger partial charge in [-0.1, -0.05) is 23.7 Å². The fraction of sp³-hybridized carbons (Fsp3) is 0.0833. The van der Waals surface area contributed by atoms with E-state index in [1.165, 1.54) is 11.3 Å². The summed E-state index contributed by atoms with van der Waals surface area (Å²) in [5, 5.41) is 12.0. The molecule has 0 saturated heterocycles. The standard InChI is InChI=1S/C12H11ClN4O2S/c13-7-3-1-2-6(4-7)10-16-8(5-20-10)9(11(18)19)17-12(14)15/h1-5,9H,(H,18,19)(H4,14,15,17). The number of benzene rings is 1. The van der Waals surface area contributed by atoms with Crippen LogP contribution in [0.15, 0.2) is 34.6 Å². The third-order valence-corrected chi connectivity index (χ3v) is 3.53. The summed E-state index contributed by atoms with van der Waals surface area (Å²) in [5.41, 5.74) is 11.5. The molecule has 8 heteroatoms. The molecule has 104 valence electrons. The first-order valence-corrected chi connectivity index (χ1v) is 6.76. The monoisotopic (exact) mass is 310 g/mol. The van der Waals surface area contributed by atoms with Crippen LogP contribution in [-0.2, 0) is 4.79 Å². The quantitative estimate of drug-likeness (QED) is 0.589. The summed E-state index contributed by atoms with van der Waals surface area (Å²) in [6.07, 6.45) is 0. The molecule has 2 rings (SSSR count). The Labute approximate surface area is 123 Å². The highest BCUT2D eigenvalue weighted by Gasteiger charge is 2.22. The van der Waals surface area contributed by atoms with Crippen molar-refractivity contribution in [1.82, 2.24) is 4.98 Å². The lowest BCUT2D eigenvalue weighted by atomic mass is 10.2. The van der Waals surface area contributed by atoms with E-state index in [-0.39, 0.29) is 11.7 Å². The van der Waals surface area contributed by atoms with E-state index in [0.717, 1.165) is 5.56 Å². The number of halogens is 1. The minimum atomic E-state index is -1.20. The predicted octanol–water partition coefficient (Wildman–Crippen LogP) is 1.86. The number of aromatic nitrogens is 1. The molecule has 5 N–H and O–H groups in total. The van der Waals surface area contributed by atoms with Gasteiger partial charge in [0.1, 0.15) is 5.01 Å². The molecule has 20 heavy (non-hydrogen) atoms. The third-order valence-electron chi connectivity index (χ3n) is 2.39. The minimum Gasteiger partial charge on any atom is -0.479 e. The number of aliphatic imine (C=N–C) groups is 1. The Bertz CT molecular complexity index is 667. The van der Waals surface area contributed by atoms with E-state index in [2.05, 4.69) is 9.98 Å². The first-order chi connectivity index (χ1) is 9.47. The lowest BCUT2D eigenvalue weighted by Gasteiger charge is -2.04. The molecule has 0 fully saturated rings. The van der Waals surface area contributed by atoms with Crippen molar-refractivity contribution in [1.29, 1.82) is 0 Å². The molecule has 2 aromatic rings. The second kappa shape index (κ2) is 5.89. The Morgan fingerprint density at radius 1 is 1.45 bits per heavy atom. The highest BCUT2D eigenvalue weighted by atomic mass is 35.5. The van der Waals surface area contributed by atoms with Crippen molar-refractivity contribution in [2.24, 2.45) is 16.5 Å². The molecule has 0 aliphatic rings. The molecule has 0 bridgehead atoms. The molecule has 1 atom stereocenters. The molecule has 0 radical (unpaired) electrons. The number of aliphatic carboxylic acids is 1. The van der Waals surface area contributed by atoms with E-state index >= 15 is 0 Å². The number of nitrogens with zero attached hydrogens (tertiary/aromatic N) is 2. The molecular weight excluding hydrogens is 300 g/mol. The van der Waals surface area contributed by atoms with Crippen molar-refractivity contribution in [2.45, 2.75) is 6.04 Å². The molecule has 0 aliphatic carbocycles. The maximum absolute atomic E-state index is 11.2. The zero-order chi connectivity index (χ0) is 14.7. The second-order valence-electron chi connectivity index (χ2n) is 3.88. The van der Waals surface area contributed by atoms with Gasteiger partial charge in [0.05, 0.1) is 5.69 Å². The van der Waals surface area contributed by atoms with Crippen LogP contribution in [0, 0.1) is 0 Å². The normalized spacial score (nSPS) is 11.8. The Hall–Kier alpha value is -2.12. The highest BCUT2D eigenvalue weighted by molar-refractivity contribution is 7.13. The molecule has 1 aromatic carbocycles. The van der Waals surface area contributed by atoms with E-state index in [1.807, 2.05) is 6.07 Å². The Kier molecular flexibility index (Phi) is 4.21. The molecule has 0 amide bonds. The van der Waals surface area contributed by atoms with E-state index < -0.39 is 12.0 Å². The Balaban J connectivity index is 2.37. The molecule has 1 aromatic heterocycles. The van der Waals surface area contributed by atoms with Gasteiger partial charge in [0.15, 0.2) is 12.0 Å². The smallest absolute Gasteiger partial charge is 0.334 e. The van der Waals surface area contributed by atoms with Crippen molar-refractivity contribution in [3.05, 3.63) is 40.4 Å². The topological polar surface area (TPSA) is 115 Å². The van der Waals surface area contributed by atoms with E-state index in [9.17, 15) is 4.79 Å². The van der Waals surface area contributed by atoms with Crippen LogP contribution in [0.25, 0.3) is 10.6 Å². The van der Waals surface area contributed by atoms with Crippen LogP contribution in [0.4, 0.5) is 0 Å². The summed E-state index contributed by atoms with van der Waals surface area (Å²) in [5.74, 6) is -1.46. The summed E-state index contributed by atoms with van der Waals surface area (Å²) in [7, 11) is 0. The summed E-state index contributed by atoms with van der Waals surface area (Å²) in [4.78, 5) is 19.1. The van der Waals surface area contributed by atoms with Gasteiger partial charge in [-0.05, 0) is 12.1 Å². The van der Waals surface area contributed by atoms with Crippen molar-refractivity contribution in [3.63, 3.8) is 0 Å². The molecule has 1 heterocycles. The number of thiazole rings is 1. The van der Waals surface area contributed by atoms with Crippen LogP contribution >= 0.6 is 22.9 Å². The molecular formula is C12H11ClN4O2S. The van der Waals surface area contributed by atoms with Crippen molar-refractivity contribution in [2.75, 3.05) is 0 Å². The Morgan fingerprint density at radius 3 is 2.80 bits per heavy atom. The average Bonchev–Trinajstić information content (AvgIpc) is 2.84. The Morgan fingerprint density at radius 2 is 2.20 bits per heavy atom. The molecule has 1 unspecified atom stereocenters. The third kappa shape index (κ3) is 3.25. The average molecular weight is 311 g/mol. The van der Waals surface area contributed by atoms with Gasteiger partial charge in [-0.2, -0.15) is 0 Å². The number of hydrogen-bond donors (Lipinski definition) is 3. The molecule has 0 spiro atoms. The number of nitrogens with two attached hydrogens (primary N) is 2. The fourth-order valence-electron chi connectivity index (χ4n) is 1.56. The van der Waals surface area contributed by atoms with Gasteiger partial charge in [0, 0.05) is 16.0 Å². The second-order valence-corrected chi connectivity index (χ2v) is 5.18. The van der Waals surface area contributed by atoms with E-state index in [0.29, 0.717) is 10.0 Å².